The lowest BCUT2D eigenvalue weighted by atomic mass is 10.2. The van der Waals surface area contributed by atoms with Crippen molar-refractivity contribution in [2.75, 3.05) is 12.4 Å². The zero-order valence-corrected chi connectivity index (χ0v) is 12.6. The number of carboxylic acids is 1. The average Bonchev–Trinajstić information content (AvgIpc) is 2.48. The van der Waals surface area contributed by atoms with Gasteiger partial charge in [-0.15, -0.1) is 0 Å². The van der Waals surface area contributed by atoms with E-state index in [9.17, 15) is 9.00 Å². The lowest BCUT2D eigenvalue weighted by Crippen LogP contribution is -2.09. The van der Waals surface area contributed by atoms with Gasteiger partial charge in [0.15, 0.2) is 0 Å². The number of benzene rings is 2. The van der Waals surface area contributed by atoms with Crippen molar-refractivity contribution in [3.05, 3.63) is 59.1 Å². The van der Waals surface area contributed by atoms with Crippen LogP contribution in [-0.2, 0) is 10.8 Å². The smallest absolute Gasteiger partial charge is 0.335 e. The van der Waals surface area contributed by atoms with Crippen LogP contribution in [-0.4, -0.2) is 27.6 Å². The normalized spacial score (nSPS) is 11.9. The van der Waals surface area contributed by atoms with Crippen LogP contribution in [0.5, 0.6) is 5.75 Å². The number of rotatable bonds is 6. The summed E-state index contributed by atoms with van der Waals surface area (Å²) in [6, 6.07) is 13.1. The molecule has 0 heterocycles. The summed E-state index contributed by atoms with van der Waals surface area (Å²) in [6.07, 6.45) is 0. The van der Waals surface area contributed by atoms with E-state index in [0.717, 1.165) is 0 Å². The molecule has 1 N–H and O–H groups in total. The molecule has 110 valence electrons. The molecule has 0 aliphatic rings. The van der Waals surface area contributed by atoms with Crippen molar-refractivity contribution < 1.29 is 18.8 Å². The lowest BCUT2D eigenvalue weighted by Gasteiger charge is -2.07. The summed E-state index contributed by atoms with van der Waals surface area (Å²) >= 11 is 5.97. The Balaban J connectivity index is 1.93. The standard InChI is InChI=1S/C15H13ClO4S/c16-13-6-1-2-7-14(13)21(19)9-8-20-12-5-3-4-11(10-12)15(17)18/h1-7,10H,8-9H2,(H,17,18). The molecule has 0 fully saturated rings. The van der Waals surface area contributed by atoms with Gasteiger partial charge < -0.3 is 9.84 Å². The van der Waals surface area contributed by atoms with Crippen molar-refractivity contribution in [2.24, 2.45) is 0 Å². The Kier molecular flexibility index (Phi) is 5.36. The fourth-order valence-corrected chi connectivity index (χ4v) is 3.06. The molecule has 0 aromatic heterocycles. The van der Waals surface area contributed by atoms with Gasteiger partial charge >= 0.3 is 5.97 Å². The second kappa shape index (κ2) is 7.24. The molecule has 4 nitrogen and oxygen atoms in total. The minimum absolute atomic E-state index is 0.153. The number of carboxylic acid groups (broad SMARTS) is 1. The number of carbonyl (C=O) groups is 1. The van der Waals surface area contributed by atoms with Gasteiger partial charge in [-0.25, -0.2) is 4.79 Å². The number of hydrogen-bond acceptors (Lipinski definition) is 3. The largest absolute Gasteiger partial charge is 0.493 e. The van der Waals surface area contributed by atoms with E-state index in [4.69, 9.17) is 21.4 Å². The highest BCUT2D eigenvalue weighted by atomic mass is 35.5. The molecule has 0 aliphatic heterocycles. The van der Waals surface area contributed by atoms with Crippen LogP contribution < -0.4 is 4.74 Å². The van der Waals surface area contributed by atoms with Gasteiger partial charge in [0.05, 0.1) is 32.0 Å². The van der Waals surface area contributed by atoms with E-state index in [2.05, 4.69) is 0 Å². The Hall–Kier alpha value is -1.85. The van der Waals surface area contributed by atoms with Crippen molar-refractivity contribution in [1.82, 2.24) is 0 Å². The molecule has 21 heavy (non-hydrogen) atoms. The number of aromatic carboxylic acids is 1. The minimum Gasteiger partial charge on any atom is -0.493 e. The van der Waals surface area contributed by atoms with Crippen molar-refractivity contribution in [2.45, 2.75) is 4.90 Å². The van der Waals surface area contributed by atoms with Crippen molar-refractivity contribution >= 4 is 28.4 Å². The van der Waals surface area contributed by atoms with Gasteiger partial charge in [-0.3, -0.25) is 4.21 Å². The van der Waals surface area contributed by atoms with Crippen LogP contribution in [0.25, 0.3) is 0 Å². The van der Waals surface area contributed by atoms with Gasteiger partial charge in [0, 0.05) is 0 Å². The van der Waals surface area contributed by atoms with E-state index < -0.39 is 16.8 Å². The Morgan fingerprint density at radius 3 is 2.67 bits per heavy atom. The van der Waals surface area contributed by atoms with E-state index in [-0.39, 0.29) is 17.9 Å². The number of halogens is 1. The SMILES string of the molecule is O=C(O)c1cccc(OCCS(=O)c2ccccc2Cl)c1. The van der Waals surface area contributed by atoms with Gasteiger partial charge in [0.25, 0.3) is 0 Å². The van der Waals surface area contributed by atoms with Crippen LogP contribution in [0, 0.1) is 0 Å². The van der Waals surface area contributed by atoms with Gasteiger partial charge in [0.1, 0.15) is 12.4 Å². The summed E-state index contributed by atoms with van der Waals surface area (Å²) < 4.78 is 17.5. The molecule has 0 spiro atoms. The third-order valence-electron chi connectivity index (χ3n) is 2.70. The Labute approximate surface area is 129 Å². The predicted molar refractivity (Wildman–Crippen MR) is 81.6 cm³/mol. The molecular weight excluding hydrogens is 312 g/mol. The molecule has 0 saturated heterocycles. The Bertz CT molecular complexity index is 672. The first-order valence-electron chi connectivity index (χ1n) is 6.17. The van der Waals surface area contributed by atoms with Gasteiger partial charge in [-0.2, -0.15) is 0 Å². The molecule has 1 unspecified atom stereocenters. The highest BCUT2D eigenvalue weighted by Crippen LogP contribution is 2.19. The second-order valence-corrected chi connectivity index (χ2v) is 6.11. The molecule has 2 rings (SSSR count). The van der Waals surface area contributed by atoms with Gasteiger partial charge in [-0.1, -0.05) is 29.8 Å². The van der Waals surface area contributed by atoms with Crippen LogP contribution in [0.15, 0.2) is 53.4 Å². The second-order valence-electron chi connectivity index (χ2n) is 4.16. The maximum absolute atomic E-state index is 12.1. The molecule has 0 aliphatic carbocycles. The van der Waals surface area contributed by atoms with Crippen LogP contribution in [0.4, 0.5) is 0 Å². The fraction of sp³-hybridized carbons (Fsp3) is 0.133. The zero-order chi connectivity index (χ0) is 15.2. The molecule has 1 atom stereocenters. The zero-order valence-electron chi connectivity index (χ0n) is 11.0. The van der Waals surface area contributed by atoms with Gasteiger partial charge in [-0.05, 0) is 30.3 Å². The number of ether oxygens (including phenoxy) is 1. The summed E-state index contributed by atoms with van der Waals surface area (Å²) in [4.78, 5) is 11.4. The highest BCUT2D eigenvalue weighted by Gasteiger charge is 2.09. The quantitative estimate of drug-likeness (QED) is 0.886. The van der Waals surface area contributed by atoms with Crippen LogP contribution >= 0.6 is 11.6 Å². The van der Waals surface area contributed by atoms with Crippen molar-refractivity contribution in [1.29, 1.82) is 0 Å². The Morgan fingerprint density at radius 2 is 1.95 bits per heavy atom. The van der Waals surface area contributed by atoms with E-state index in [1.807, 2.05) is 0 Å². The van der Waals surface area contributed by atoms with E-state index in [1.54, 1.807) is 36.4 Å². The summed E-state index contributed by atoms with van der Waals surface area (Å²) in [5.74, 6) is -0.299. The molecule has 0 saturated carbocycles. The van der Waals surface area contributed by atoms with Crippen molar-refractivity contribution in [3.8, 4) is 5.75 Å². The summed E-state index contributed by atoms with van der Waals surface area (Å²) in [7, 11) is -1.26. The summed E-state index contributed by atoms with van der Waals surface area (Å²) in [6.45, 7) is 0.209. The molecular formula is C15H13ClO4S. The molecule has 2 aromatic rings. The van der Waals surface area contributed by atoms with Crippen LogP contribution in [0.1, 0.15) is 10.4 Å². The summed E-state index contributed by atoms with van der Waals surface area (Å²) in [5, 5.41) is 9.35. The maximum atomic E-state index is 12.1. The van der Waals surface area contributed by atoms with Gasteiger partial charge in [0.2, 0.25) is 0 Å². The van der Waals surface area contributed by atoms with E-state index >= 15 is 0 Å². The van der Waals surface area contributed by atoms with E-state index in [0.29, 0.717) is 15.7 Å². The third kappa shape index (κ3) is 4.31. The van der Waals surface area contributed by atoms with Crippen LogP contribution in [0.2, 0.25) is 5.02 Å². The first-order valence-corrected chi connectivity index (χ1v) is 7.86. The average molecular weight is 325 g/mol. The predicted octanol–water partition coefficient (Wildman–Crippen LogP) is 3.22. The lowest BCUT2D eigenvalue weighted by molar-refractivity contribution is 0.0696. The Morgan fingerprint density at radius 1 is 1.19 bits per heavy atom. The fourth-order valence-electron chi connectivity index (χ4n) is 1.69. The summed E-state index contributed by atoms with van der Waals surface area (Å²) in [5.41, 5.74) is 0.153. The molecule has 0 bridgehead atoms. The first kappa shape index (κ1) is 15.5. The molecule has 6 heteroatoms. The minimum atomic E-state index is -1.26. The topological polar surface area (TPSA) is 63.6 Å². The third-order valence-corrected chi connectivity index (χ3v) is 4.53. The van der Waals surface area contributed by atoms with Crippen molar-refractivity contribution in [3.63, 3.8) is 0 Å². The molecule has 0 amide bonds. The molecule has 0 radical (unpaired) electrons. The maximum Gasteiger partial charge on any atom is 0.335 e. The number of hydrogen-bond donors (Lipinski definition) is 1. The molecule has 2 aromatic carbocycles. The van der Waals surface area contributed by atoms with E-state index in [1.165, 1.54) is 12.1 Å². The monoisotopic (exact) mass is 324 g/mol. The first-order chi connectivity index (χ1) is 10.1. The van der Waals surface area contributed by atoms with Crippen LogP contribution in [0.3, 0.4) is 0 Å². The highest BCUT2D eigenvalue weighted by molar-refractivity contribution is 7.85.